The third kappa shape index (κ3) is 3.99. The van der Waals surface area contributed by atoms with E-state index >= 15 is 0 Å². The van der Waals surface area contributed by atoms with Gasteiger partial charge in [-0.2, -0.15) is 0 Å². The highest BCUT2D eigenvalue weighted by Gasteiger charge is 2.05. The molecule has 0 bridgehead atoms. The molecule has 0 aliphatic heterocycles. The Morgan fingerprint density at radius 3 is 2.95 bits per heavy atom. The van der Waals surface area contributed by atoms with Crippen LogP contribution in [0.2, 0.25) is 0 Å². The van der Waals surface area contributed by atoms with Crippen molar-refractivity contribution in [2.24, 2.45) is 0 Å². The lowest BCUT2D eigenvalue weighted by atomic mass is 10.2. The minimum Gasteiger partial charge on any atom is -0.495 e. The second-order valence-electron chi connectivity index (χ2n) is 4.44. The minimum atomic E-state index is 0.00776. The first-order valence-corrected chi connectivity index (χ1v) is 7.33. The monoisotopic (exact) mass is 290 g/mol. The van der Waals surface area contributed by atoms with Crippen LogP contribution in [0.25, 0.3) is 0 Å². The molecule has 3 N–H and O–H groups in total. The van der Waals surface area contributed by atoms with Crippen LogP contribution in [0.15, 0.2) is 35.7 Å². The number of carbonyl (C=O) groups is 1. The molecule has 0 spiro atoms. The average Bonchev–Trinajstić information content (AvgIpc) is 2.94. The lowest BCUT2D eigenvalue weighted by molar-refractivity contribution is -0.116. The summed E-state index contributed by atoms with van der Waals surface area (Å²) in [6.07, 6.45) is 2.29. The van der Waals surface area contributed by atoms with Crippen molar-refractivity contribution >= 4 is 28.6 Å². The summed E-state index contributed by atoms with van der Waals surface area (Å²) in [6, 6.07) is 9.34. The summed E-state index contributed by atoms with van der Waals surface area (Å²) in [6.45, 7) is 0. The van der Waals surface area contributed by atoms with Crippen LogP contribution in [0, 0.1) is 0 Å². The summed E-state index contributed by atoms with van der Waals surface area (Å²) < 4.78 is 5.12. The molecule has 0 saturated heterocycles. The molecule has 0 aliphatic carbocycles. The maximum absolute atomic E-state index is 11.8. The molecule has 106 valence electrons. The van der Waals surface area contributed by atoms with Crippen molar-refractivity contribution in [3.8, 4) is 5.75 Å². The third-order valence-electron chi connectivity index (χ3n) is 2.92. The molecule has 0 unspecified atom stereocenters. The molecule has 2 aromatic rings. The van der Waals surface area contributed by atoms with Crippen molar-refractivity contribution < 1.29 is 9.53 Å². The van der Waals surface area contributed by atoms with E-state index in [0.717, 1.165) is 12.8 Å². The molecule has 4 nitrogen and oxygen atoms in total. The summed E-state index contributed by atoms with van der Waals surface area (Å²) in [5, 5.41) is 4.90. The van der Waals surface area contributed by atoms with Crippen LogP contribution in [0.5, 0.6) is 5.75 Å². The van der Waals surface area contributed by atoms with Crippen LogP contribution >= 0.6 is 11.3 Å². The molecule has 1 aromatic carbocycles. The molecule has 0 radical (unpaired) electrons. The summed E-state index contributed by atoms with van der Waals surface area (Å²) in [5.41, 5.74) is 6.99. The second kappa shape index (κ2) is 6.96. The fraction of sp³-hybridized carbons (Fsp3) is 0.267. The number of methoxy groups -OCH3 is 1. The quantitative estimate of drug-likeness (QED) is 0.802. The minimum absolute atomic E-state index is 0.00776. The third-order valence-corrected chi connectivity index (χ3v) is 3.86. The number of nitrogens with two attached hydrogens (primary N) is 1. The molecule has 0 atom stereocenters. The SMILES string of the molecule is COc1cc(NC(=O)CCCc2cccs2)ccc1N. The van der Waals surface area contributed by atoms with Gasteiger partial charge in [-0.1, -0.05) is 6.07 Å². The number of nitrogen functional groups attached to an aromatic ring is 1. The first-order chi connectivity index (χ1) is 9.69. The number of amides is 1. The molecule has 5 heteroatoms. The van der Waals surface area contributed by atoms with Crippen LogP contribution in [-0.4, -0.2) is 13.0 Å². The molecule has 0 aliphatic rings. The lowest BCUT2D eigenvalue weighted by Gasteiger charge is -2.09. The largest absolute Gasteiger partial charge is 0.495 e. The fourth-order valence-corrected chi connectivity index (χ4v) is 2.64. The molecule has 1 aromatic heterocycles. The van der Waals surface area contributed by atoms with Gasteiger partial charge >= 0.3 is 0 Å². The summed E-state index contributed by atoms with van der Waals surface area (Å²) in [7, 11) is 1.55. The van der Waals surface area contributed by atoms with E-state index in [9.17, 15) is 4.79 Å². The fourth-order valence-electron chi connectivity index (χ4n) is 1.89. The van der Waals surface area contributed by atoms with E-state index in [-0.39, 0.29) is 5.91 Å². The van der Waals surface area contributed by atoms with E-state index in [1.54, 1.807) is 36.6 Å². The molecular formula is C15H18N2O2S. The Hall–Kier alpha value is -2.01. The molecule has 0 fully saturated rings. The standard InChI is InChI=1S/C15H18N2O2S/c1-19-14-10-11(7-8-13(14)16)17-15(18)6-2-4-12-5-3-9-20-12/h3,5,7-10H,2,4,6,16H2,1H3,(H,17,18). The average molecular weight is 290 g/mol. The number of hydrogen-bond acceptors (Lipinski definition) is 4. The number of rotatable bonds is 6. The number of benzene rings is 1. The van der Waals surface area contributed by atoms with Crippen molar-refractivity contribution in [3.05, 3.63) is 40.6 Å². The van der Waals surface area contributed by atoms with E-state index < -0.39 is 0 Å². The first-order valence-electron chi connectivity index (χ1n) is 6.45. The van der Waals surface area contributed by atoms with Crippen molar-refractivity contribution in [1.82, 2.24) is 0 Å². The van der Waals surface area contributed by atoms with E-state index in [1.807, 2.05) is 6.07 Å². The number of hydrogen-bond donors (Lipinski definition) is 2. The smallest absolute Gasteiger partial charge is 0.224 e. The van der Waals surface area contributed by atoms with Crippen LogP contribution < -0.4 is 15.8 Å². The second-order valence-corrected chi connectivity index (χ2v) is 5.47. The first kappa shape index (κ1) is 14.4. The van der Waals surface area contributed by atoms with Gasteiger partial charge in [-0.25, -0.2) is 0 Å². The highest BCUT2D eigenvalue weighted by Crippen LogP contribution is 2.25. The predicted molar refractivity (Wildman–Crippen MR) is 83.3 cm³/mol. The zero-order valence-corrected chi connectivity index (χ0v) is 12.2. The summed E-state index contributed by atoms with van der Waals surface area (Å²) in [5.74, 6) is 0.578. The van der Waals surface area contributed by atoms with Gasteiger partial charge in [-0.15, -0.1) is 11.3 Å². The molecule has 20 heavy (non-hydrogen) atoms. The van der Waals surface area contributed by atoms with E-state index in [0.29, 0.717) is 23.5 Å². The van der Waals surface area contributed by atoms with Gasteiger partial charge in [0.15, 0.2) is 0 Å². The van der Waals surface area contributed by atoms with Gasteiger partial charge in [0, 0.05) is 23.1 Å². The number of aryl methyl sites for hydroxylation is 1. The number of carbonyl (C=O) groups excluding carboxylic acids is 1. The Morgan fingerprint density at radius 1 is 1.40 bits per heavy atom. The molecular weight excluding hydrogens is 272 g/mol. The maximum Gasteiger partial charge on any atom is 0.224 e. The Balaban J connectivity index is 1.82. The van der Waals surface area contributed by atoms with Gasteiger partial charge in [0.1, 0.15) is 5.75 Å². The number of thiophene rings is 1. The van der Waals surface area contributed by atoms with Crippen LogP contribution in [0.1, 0.15) is 17.7 Å². The molecule has 0 saturated carbocycles. The molecule has 1 amide bonds. The van der Waals surface area contributed by atoms with E-state index in [1.165, 1.54) is 4.88 Å². The number of anilines is 2. The topological polar surface area (TPSA) is 64.3 Å². The highest BCUT2D eigenvalue weighted by atomic mass is 32.1. The Kier molecular flexibility index (Phi) is 5.01. The van der Waals surface area contributed by atoms with Crippen molar-refractivity contribution in [2.45, 2.75) is 19.3 Å². The Labute approximate surface area is 122 Å². The zero-order valence-electron chi connectivity index (χ0n) is 11.4. The normalized spacial score (nSPS) is 10.2. The van der Waals surface area contributed by atoms with Gasteiger partial charge in [0.2, 0.25) is 5.91 Å². The number of ether oxygens (including phenoxy) is 1. The Bertz CT molecular complexity index is 567. The van der Waals surface area contributed by atoms with Gasteiger partial charge in [0.25, 0.3) is 0 Å². The maximum atomic E-state index is 11.8. The van der Waals surface area contributed by atoms with Crippen LogP contribution in [0.3, 0.4) is 0 Å². The summed E-state index contributed by atoms with van der Waals surface area (Å²) in [4.78, 5) is 13.2. The van der Waals surface area contributed by atoms with Crippen LogP contribution in [0.4, 0.5) is 11.4 Å². The van der Waals surface area contributed by atoms with Crippen molar-refractivity contribution in [2.75, 3.05) is 18.2 Å². The zero-order chi connectivity index (χ0) is 14.4. The molecule has 2 rings (SSSR count). The lowest BCUT2D eigenvalue weighted by Crippen LogP contribution is -2.11. The summed E-state index contributed by atoms with van der Waals surface area (Å²) >= 11 is 1.72. The van der Waals surface area contributed by atoms with Crippen LogP contribution in [-0.2, 0) is 11.2 Å². The van der Waals surface area contributed by atoms with Gasteiger partial charge in [-0.05, 0) is 36.4 Å². The van der Waals surface area contributed by atoms with Crippen molar-refractivity contribution in [1.29, 1.82) is 0 Å². The van der Waals surface area contributed by atoms with Gasteiger partial charge < -0.3 is 15.8 Å². The van der Waals surface area contributed by atoms with E-state index in [2.05, 4.69) is 16.8 Å². The molecule has 1 heterocycles. The van der Waals surface area contributed by atoms with Crippen molar-refractivity contribution in [3.63, 3.8) is 0 Å². The number of nitrogens with one attached hydrogen (secondary N) is 1. The van der Waals surface area contributed by atoms with Gasteiger partial charge in [-0.3, -0.25) is 4.79 Å². The highest BCUT2D eigenvalue weighted by molar-refractivity contribution is 7.09. The Morgan fingerprint density at radius 2 is 2.25 bits per heavy atom. The van der Waals surface area contributed by atoms with Gasteiger partial charge in [0.05, 0.1) is 12.8 Å². The van der Waals surface area contributed by atoms with E-state index in [4.69, 9.17) is 10.5 Å². The predicted octanol–water partition coefficient (Wildman–Crippen LogP) is 3.30.